The van der Waals surface area contributed by atoms with Gasteiger partial charge in [-0.25, -0.2) is 0 Å². The van der Waals surface area contributed by atoms with Crippen molar-refractivity contribution in [2.75, 3.05) is 36.1 Å². The molecule has 0 amide bonds. The fourth-order valence-electron chi connectivity index (χ4n) is 9.74. The molecular weight excluding hydrogens is 759 g/mol. The maximum absolute atomic E-state index is 5.45. The van der Waals surface area contributed by atoms with Crippen LogP contribution < -0.4 is 14.4 Å². The first-order valence-corrected chi connectivity index (χ1v) is 22.9. The third-order valence-electron chi connectivity index (χ3n) is 13.0. The van der Waals surface area contributed by atoms with E-state index in [0.717, 1.165) is 89.0 Å². The van der Waals surface area contributed by atoms with Gasteiger partial charge in [0.25, 0.3) is 0 Å². The van der Waals surface area contributed by atoms with Crippen LogP contribution in [0.15, 0.2) is 170 Å². The molecule has 0 spiro atoms. The first kappa shape index (κ1) is 44.3. The molecule has 0 bridgehead atoms. The van der Waals surface area contributed by atoms with Crippen LogP contribution in [0, 0.1) is 13.8 Å². The summed E-state index contributed by atoms with van der Waals surface area (Å²) in [5, 5.41) is 0. The van der Waals surface area contributed by atoms with Crippen molar-refractivity contribution in [1.82, 2.24) is 4.58 Å². The summed E-state index contributed by atoms with van der Waals surface area (Å²) in [7, 11) is 0. The Morgan fingerprint density at radius 1 is 0.548 bits per heavy atom. The van der Waals surface area contributed by atoms with E-state index in [1.165, 1.54) is 61.9 Å². The van der Waals surface area contributed by atoms with Crippen LogP contribution in [0.1, 0.15) is 101 Å². The van der Waals surface area contributed by atoms with Crippen molar-refractivity contribution >= 4 is 28.5 Å². The molecule has 7 rings (SSSR count). The number of ether oxygens (including phenoxy) is 2. The van der Waals surface area contributed by atoms with E-state index in [9.17, 15) is 0 Å². The lowest BCUT2D eigenvalue weighted by molar-refractivity contribution is 0.242. The maximum Gasteiger partial charge on any atom is 0.218 e. The highest BCUT2D eigenvalue weighted by Crippen LogP contribution is 2.50. The van der Waals surface area contributed by atoms with Gasteiger partial charge in [0.15, 0.2) is 0 Å². The van der Waals surface area contributed by atoms with Crippen LogP contribution in [-0.4, -0.2) is 32.0 Å². The number of anilines is 2. The molecule has 1 aliphatic carbocycles. The number of fused-ring (bicyclic) bond motifs is 2. The summed E-state index contributed by atoms with van der Waals surface area (Å²) in [5.74, 6) is 0. The fraction of sp³-hybridized carbons (Fsp3) is 0.351. The van der Waals surface area contributed by atoms with E-state index in [1.54, 1.807) is 12.5 Å². The largest absolute Gasteiger partial charge is 0.502 e. The molecule has 1 saturated carbocycles. The molecule has 3 aliphatic rings. The molecule has 5 heteroatoms. The molecule has 0 saturated heterocycles. The minimum Gasteiger partial charge on any atom is -0.502 e. The molecule has 62 heavy (non-hydrogen) atoms. The van der Waals surface area contributed by atoms with E-state index in [4.69, 9.17) is 9.47 Å². The third-order valence-corrected chi connectivity index (χ3v) is 13.0. The Morgan fingerprint density at radius 2 is 0.968 bits per heavy atom. The van der Waals surface area contributed by atoms with Gasteiger partial charge < -0.3 is 19.3 Å². The number of unbranched alkanes of at least 4 members (excludes halogenated alkanes) is 4. The molecular formula is C57H68N3O2+. The molecule has 0 radical (unpaired) electrons. The van der Waals surface area contributed by atoms with Gasteiger partial charge in [0.1, 0.15) is 0 Å². The minimum atomic E-state index is -0.145. The standard InChI is InChI=1S/C57H68N3O2/c1-9-61-39-21-13-19-37-58-51-33-27-43(3)41-49(51)56(5,6)53(58)35-31-45-29-30-46(55(45)60(47-23-15-11-16-24-47)48-25-17-12-18-26-48)32-36-54-57(7,8)50-42-44(4)28-34-52(50)59(54)38-20-14-22-40-62-10-2/h9-12,15-18,23-28,31-36,41-42H,1-2,13-14,19-22,29-30,37-40H2,3-8H3/q+1. The number of rotatable bonds is 18. The van der Waals surface area contributed by atoms with Crippen molar-refractivity contribution < 1.29 is 9.47 Å². The summed E-state index contributed by atoms with van der Waals surface area (Å²) in [6, 6.07) is 35.8. The number of benzene rings is 4. The van der Waals surface area contributed by atoms with Crippen LogP contribution in [0.4, 0.5) is 22.7 Å². The Morgan fingerprint density at radius 3 is 1.37 bits per heavy atom. The van der Waals surface area contributed by atoms with Gasteiger partial charge in [-0.05, 0) is 101 Å². The SMILES string of the molecule is C=COCCCCCN1C(=CC=C2CCC(=CC=C3N(CCCCCOC=C)c4ccc(C)cc4C3(C)C)C2=[N+](c2ccccc2)c2ccccc2)C(C)(C)c2cc(C)ccc21. The molecule has 0 N–H and O–H groups in total. The fourth-order valence-corrected chi connectivity index (χ4v) is 9.74. The molecule has 4 aromatic rings. The highest BCUT2D eigenvalue weighted by atomic mass is 16.5. The Balaban J connectivity index is 1.34. The van der Waals surface area contributed by atoms with Crippen molar-refractivity contribution in [3.05, 3.63) is 192 Å². The molecule has 0 aromatic heterocycles. The lowest BCUT2D eigenvalue weighted by atomic mass is 9.83. The van der Waals surface area contributed by atoms with Crippen molar-refractivity contribution in [2.45, 2.75) is 104 Å². The summed E-state index contributed by atoms with van der Waals surface area (Å²) >= 11 is 0. The lowest BCUT2D eigenvalue weighted by Crippen LogP contribution is -2.27. The number of aryl methyl sites for hydroxylation is 2. The number of hydrogen-bond donors (Lipinski definition) is 0. The van der Waals surface area contributed by atoms with Gasteiger partial charge in [-0.2, -0.15) is 4.58 Å². The zero-order valence-corrected chi connectivity index (χ0v) is 38.3. The summed E-state index contributed by atoms with van der Waals surface area (Å²) in [6.07, 6.45) is 21.2. The van der Waals surface area contributed by atoms with E-state index < -0.39 is 0 Å². The van der Waals surface area contributed by atoms with Crippen LogP contribution in [0.3, 0.4) is 0 Å². The van der Waals surface area contributed by atoms with Crippen molar-refractivity contribution in [3.63, 3.8) is 0 Å². The van der Waals surface area contributed by atoms with Crippen molar-refractivity contribution in [1.29, 1.82) is 0 Å². The molecule has 0 unspecified atom stereocenters. The van der Waals surface area contributed by atoms with Crippen molar-refractivity contribution in [2.24, 2.45) is 0 Å². The summed E-state index contributed by atoms with van der Waals surface area (Å²) in [4.78, 5) is 5.18. The van der Waals surface area contributed by atoms with Gasteiger partial charge >= 0.3 is 0 Å². The highest BCUT2D eigenvalue weighted by Gasteiger charge is 2.42. The second kappa shape index (κ2) is 19.9. The maximum atomic E-state index is 5.45. The van der Waals surface area contributed by atoms with E-state index in [0.29, 0.717) is 0 Å². The summed E-state index contributed by atoms with van der Waals surface area (Å²) < 4.78 is 13.4. The average molecular weight is 827 g/mol. The Bertz CT molecular complexity index is 2210. The lowest BCUT2D eigenvalue weighted by Gasteiger charge is -2.27. The van der Waals surface area contributed by atoms with Crippen LogP contribution in [-0.2, 0) is 20.3 Å². The Labute approximate surface area is 372 Å². The van der Waals surface area contributed by atoms with Crippen LogP contribution in [0.5, 0.6) is 0 Å². The second-order valence-corrected chi connectivity index (χ2v) is 18.1. The summed E-state index contributed by atoms with van der Waals surface area (Å²) in [5.41, 5.74) is 16.8. The van der Waals surface area contributed by atoms with E-state index >= 15 is 0 Å². The monoisotopic (exact) mass is 827 g/mol. The summed E-state index contributed by atoms with van der Waals surface area (Å²) in [6.45, 7) is 24.8. The van der Waals surface area contributed by atoms with E-state index in [2.05, 4.69) is 190 Å². The quantitative estimate of drug-likeness (QED) is 0.0567. The molecule has 0 atom stereocenters. The van der Waals surface area contributed by atoms with Crippen LogP contribution in [0.2, 0.25) is 0 Å². The molecule has 1 fully saturated rings. The van der Waals surface area contributed by atoms with Crippen LogP contribution >= 0.6 is 0 Å². The normalized spacial score (nSPS) is 18.8. The Kier molecular flexibility index (Phi) is 14.2. The molecule has 322 valence electrons. The van der Waals surface area contributed by atoms with Gasteiger partial charge in [-0.1, -0.05) is 125 Å². The van der Waals surface area contributed by atoms with E-state index in [1.807, 2.05) is 0 Å². The molecule has 4 aromatic carbocycles. The topological polar surface area (TPSA) is 28.0 Å². The number of nitrogens with zero attached hydrogens (tertiary/aromatic N) is 3. The molecule has 2 aliphatic heterocycles. The first-order valence-electron chi connectivity index (χ1n) is 22.9. The van der Waals surface area contributed by atoms with Gasteiger partial charge in [-0.15, -0.1) is 0 Å². The number of hydrogen-bond acceptors (Lipinski definition) is 4. The molecule has 5 nitrogen and oxygen atoms in total. The van der Waals surface area contributed by atoms with E-state index in [-0.39, 0.29) is 10.8 Å². The number of allylic oxidation sites excluding steroid dienone is 8. The number of para-hydroxylation sites is 2. The predicted octanol–water partition coefficient (Wildman–Crippen LogP) is 14.2. The van der Waals surface area contributed by atoms with Crippen molar-refractivity contribution in [3.8, 4) is 0 Å². The zero-order chi connectivity index (χ0) is 43.7. The Hall–Kier alpha value is -5.81. The zero-order valence-electron chi connectivity index (χ0n) is 38.3. The smallest absolute Gasteiger partial charge is 0.218 e. The van der Waals surface area contributed by atoms with Gasteiger partial charge in [0.2, 0.25) is 17.1 Å². The predicted molar refractivity (Wildman–Crippen MR) is 264 cm³/mol. The van der Waals surface area contributed by atoms with Crippen LogP contribution in [0.25, 0.3) is 0 Å². The second-order valence-electron chi connectivity index (χ2n) is 18.1. The average Bonchev–Trinajstić information content (AvgIpc) is 3.83. The first-order chi connectivity index (χ1) is 30.1. The van der Waals surface area contributed by atoms with Gasteiger partial charge in [-0.3, -0.25) is 0 Å². The van der Waals surface area contributed by atoms with Gasteiger partial charge in [0, 0.05) is 82.1 Å². The van der Waals surface area contributed by atoms with Gasteiger partial charge in [0.05, 0.1) is 25.7 Å². The highest BCUT2D eigenvalue weighted by molar-refractivity contribution is 6.17. The third kappa shape index (κ3) is 9.48. The molecule has 2 heterocycles. The minimum absolute atomic E-state index is 0.145.